The van der Waals surface area contributed by atoms with Gasteiger partial charge in [-0.1, -0.05) is 43.3 Å². The SMILES string of the molecule is CCCn1c(=O)n(CC(=O)NCCc2ccccc2C)c2ccccc21. The molecule has 0 atom stereocenters. The van der Waals surface area contributed by atoms with Gasteiger partial charge in [0.1, 0.15) is 6.54 Å². The van der Waals surface area contributed by atoms with Crippen LogP contribution in [-0.2, 0) is 24.3 Å². The number of nitrogens with zero attached hydrogens (tertiary/aromatic N) is 2. The fourth-order valence-electron chi connectivity index (χ4n) is 3.29. The molecule has 0 aliphatic rings. The summed E-state index contributed by atoms with van der Waals surface area (Å²) in [4.78, 5) is 25.1. The first-order chi connectivity index (χ1) is 12.6. The van der Waals surface area contributed by atoms with E-state index in [0.29, 0.717) is 13.1 Å². The Morgan fingerprint density at radius 3 is 2.35 bits per heavy atom. The first kappa shape index (κ1) is 18.0. The van der Waals surface area contributed by atoms with Crippen LogP contribution in [0.3, 0.4) is 0 Å². The normalized spacial score (nSPS) is 11.0. The summed E-state index contributed by atoms with van der Waals surface area (Å²) in [5, 5.41) is 2.93. The van der Waals surface area contributed by atoms with E-state index in [4.69, 9.17) is 0 Å². The van der Waals surface area contributed by atoms with E-state index >= 15 is 0 Å². The maximum atomic E-state index is 12.7. The number of carbonyl (C=O) groups is 1. The molecule has 0 bridgehead atoms. The molecule has 0 saturated carbocycles. The second-order valence-electron chi connectivity index (χ2n) is 6.54. The molecule has 0 aliphatic heterocycles. The number of hydrogen-bond acceptors (Lipinski definition) is 2. The van der Waals surface area contributed by atoms with Crippen molar-refractivity contribution in [1.82, 2.24) is 14.5 Å². The van der Waals surface area contributed by atoms with E-state index in [0.717, 1.165) is 23.9 Å². The Balaban J connectivity index is 1.71. The van der Waals surface area contributed by atoms with Crippen LogP contribution in [0.1, 0.15) is 24.5 Å². The number of carbonyl (C=O) groups excluding carboxylic acids is 1. The Labute approximate surface area is 153 Å². The van der Waals surface area contributed by atoms with Crippen LogP contribution in [0.2, 0.25) is 0 Å². The molecule has 0 aliphatic carbocycles. The fraction of sp³-hybridized carbons (Fsp3) is 0.333. The van der Waals surface area contributed by atoms with Gasteiger partial charge in [0.15, 0.2) is 0 Å². The average molecular weight is 351 g/mol. The quantitative estimate of drug-likeness (QED) is 0.712. The van der Waals surface area contributed by atoms with Gasteiger partial charge in [-0.2, -0.15) is 0 Å². The molecular formula is C21H25N3O2. The van der Waals surface area contributed by atoms with Crippen molar-refractivity contribution in [2.24, 2.45) is 0 Å². The molecule has 0 fully saturated rings. The highest BCUT2D eigenvalue weighted by Gasteiger charge is 2.14. The second kappa shape index (κ2) is 8.04. The van der Waals surface area contributed by atoms with Crippen LogP contribution in [0.15, 0.2) is 53.3 Å². The van der Waals surface area contributed by atoms with Gasteiger partial charge in [0, 0.05) is 13.1 Å². The molecule has 3 aromatic rings. The summed E-state index contributed by atoms with van der Waals surface area (Å²) in [5.74, 6) is -0.139. The molecule has 3 rings (SSSR count). The summed E-state index contributed by atoms with van der Waals surface area (Å²) >= 11 is 0. The zero-order valence-corrected chi connectivity index (χ0v) is 15.4. The minimum atomic E-state index is -0.139. The lowest BCUT2D eigenvalue weighted by molar-refractivity contribution is -0.121. The first-order valence-electron chi connectivity index (χ1n) is 9.11. The summed E-state index contributed by atoms with van der Waals surface area (Å²) < 4.78 is 3.31. The molecule has 0 saturated heterocycles. The van der Waals surface area contributed by atoms with Gasteiger partial charge in [0.2, 0.25) is 5.91 Å². The van der Waals surface area contributed by atoms with Gasteiger partial charge in [0.25, 0.3) is 0 Å². The lowest BCUT2D eigenvalue weighted by Crippen LogP contribution is -2.34. The third-order valence-electron chi connectivity index (χ3n) is 4.65. The Morgan fingerprint density at radius 1 is 1.00 bits per heavy atom. The standard InChI is InChI=1S/C21H25N3O2/c1-3-14-23-18-10-6-7-11-19(18)24(21(23)26)15-20(25)22-13-12-17-9-5-4-8-16(17)2/h4-11H,3,12-15H2,1-2H3,(H,22,25). The average Bonchev–Trinajstić information content (AvgIpc) is 2.90. The molecular weight excluding hydrogens is 326 g/mol. The fourth-order valence-corrected chi connectivity index (χ4v) is 3.29. The summed E-state index contributed by atoms with van der Waals surface area (Å²) in [7, 11) is 0. The maximum Gasteiger partial charge on any atom is 0.329 e. The van der Waals surface area contributed by atoms with Gasteiger partial charge in [0.05, 0.1) is 11.0 Å². The van der Waals surface area contributed by atoms with Crippen molar-refractivity contribution in [2.75, 3.05) is 6.54 Å². The molecule has 0 unspecified atom stereocenters. The number of benzene rings is 2. The zero-order chi connectivity index (χ0) is 18.5. The number of para-hydroxylation sites is 2. The van der Waals surface area contributed by atoms with E-state index in [9.17, 15) is 9.59 Å². The van der Waals surface area contributed by atoms with Crippen molar-refractivity contribution in [3.63, 3.8) is 0 Å². The topological polar surface area (TPSA) is 56.0 Å². The van der Waals surface area contributed by atoms with Crippen molar-refractivity contribution in [3.05, 3.63) is 70.1 Å². The van der Waals surface area contributed by atoms with Crippen molar-refractivity contribution in [2.45, 2.75) is 39.8 Å². The van der Waals surface area contributed by atoms with E-state index in [1.54, 1.807) is 9.13 Å². The maximum absolute atomic E-state index is 12.7. The Kier molecular flexibility index (Phi) is 5.56. The number of imidazole rings is 1. The molecule has 2 aromatic carbocycles. The zero-order valence-electron chi connectivity index (χ0n) is 15.4. The first-order valence-corrected chi connectivity index (χ1v) is 9.11. The molecule has 1 amide bonds. The number of hydrogen-bond donors (Lipinski definition) is 1. The predicted molar refractivity (Wildman–Crippen MR) is 104 cm³/mol. The van der Waals surface area contributed by atoms with Gasteiger partial charge in [-0.15, -0.1) is 0 Å². The van der Waals surface area contributed by atoms with Gasteiger partial charge in [-0.3, -0.25) is 13.9 Å². The molecule has 1 N–H and O–H groups in total. The van der Waals surface area contributed by atoms with Crippen LogP contribution in [-0.4, -0.2) is 21.6 Å². The van der Waals surface area contributed by atoms with Gasteiger partial charge in [-0.05, 0) is 43.0 Å². The van der Waals surface area contributed by atoms with Crippen molar-refractivity contribution < 1.29 is 4.79 Å². The number of fused-ring (bicyclic) bond motifs is 1. The third-order valence-corrected chi connectivity index (χ3v) is 4.65. The van der Waals surface area contributed by atoms with Crippen molar-refractivity contribution in [1.29, 1.82) is 0 Å². The van der Waals surface area contributed by atoms with E-state index in [-0.39, 0.29) is 18.1 Å². The molecule has 0 radical (unpaired) electrons. The van der Waals surface area contributed by atoms with Crippen molar-refractivity contribution >= 4 is 16.9 Å². The predicted octanol–water partition coefficient (Wildman–Crippen LogP) is 2.88. The summed E-state index contributed by atoms with van der Waals surface area (Å²) in [6.45, 7) is 5.37. The van der Waals surface area contributed by atoms with Crippen molar-refractivity contribution in [3.8, 4) is 0 Å². The highest BCUT2D eigenvalue weighted by molar-refractivity contribution is 5.80. The number of amides is 1. The van der Waals surface area contributed by atoms with Gasteiger partial charge in [-0.25, -0.2) is 4.79 Å². The van der Waals surface area contributed by atoms with Crippen LogP contribution in [0.4, 0.5) is 0 Å². The molecule has 26 heavy (non-hydrogen) atoms. The molecule has 1 heterocycles. The van der Waals surface area contributed by atoms with E-state index < -0.39 is 0 Å². The molecule has 5 nitrogen and oxygen atoms in total. The van der Waals surface area contributed by atoms with Crippen LogP contribution in [0.5, 0.6) is 0 Å². The van der Waals surface area contributed by atoms with Gasteiger partial charge >= 0.3 is 5.69 Å². The number of rotatable bonds is 7. The molecule has 0 spiro atoms. The molecule has 1 aromatic heterocycles. The minimum absolute atomic E-state index is 0.0455. The summed E-state index contributed by atoms with van der Waals surface area (Å²) in [6.07, 6.45) is 1.65. The second-order valence-corrected chi connectivity index (χ2v) is 6.54. The Bertz CT molecular complexity index is 969. The molecule has 136 valence electrons. The van der Waals surface area contributed by atoms with Gasteiger partial charge < -0.3 is 5.32 Å². The smallest absolute Gasteiger partial charge is 0.329 e. The summed E-state index contributed by atoms with van der Waals surface area (Å²) in [6, 6.07) is 15.8. The minimum Gasteiger partial charge on any atom is -0.354 e. The largest absolute Gasteiger partial charge is 0.354 e. The Morgan fingerprint density at radius 2 is 1.65 bits per heavy atom. The van der Waals surface area contributed by atoms with E-state index in [1.165, 1.54) is 11.1 Å². The number of aryl methyl sites for hydroxylation is 2. The van der Waals surface area contributed by atoms with Crippen LogP contribution >= 0.6 is 0 Å². The lowest BCUT2D eigenvalue weighted by Gasteiger charge is -2.08. The number of nitrogens with one attached hydrogen (secondary N) is 1. The highest BCUT2D eigenvalue weighted by Crippen LogP contribution is 2.13. The lowest BCUT2D eigenvalue weighted by atomic mass is 10.1. The Hall–Kier alpha value is -2.82. The van der Waals surface area contributed by atoms with E-state index in [2.05, 4.69) is 24.4 Å². The van der Waals surface area contributed by atoms with E-state index in [1.807, 2.05) is 43.3 Å². The monoisotopic (exact) mass is 351 g/mol. The number of aromatic nitrogens is 2. The van der Waals surface area contributed by atoms with Crippen LogP contribution < -0.4 is 11.0 Å². The van der Waals surface area contributed by atoms with Crippen LogP contribution in [0, 0.1) is 6.92 Å². The van der Waals surface area contributed by atoms with Crippen LogP contribution in [0.25, 0.3) is 11.0 Å². The highest BCUT2D eigenvalue weighted by atomic mass is 16.2. The molecule has 5 heteroatoms. The third kappa shape index (κ3) is 3.72. The summed E-state index contributed by atoms with van der Waals surface area (Å²) in [5.41, 5.74) is 4.01.